The summed E-state index contributed by atoms with van der Waals surface area (Å²) in [5.41, 5.74) is 5.99. The fourth-order valence-corrected chi connectivity index (χ4v) is 1.38. The van der Waals surface area contributed by atoms with Gasteiger partial charge in [0.1, 0.15) is 11.9 Å². The molecule has 76 valence electrons. The van der Waals surface area contributed by atoms with Crippen LogP contribution in [0.4, 0.5) is 0 Å². The molecule has 0 aliphatic rings. The van der Waals surface area contributed by atoms with E-state index in [2.05, 4.69) is 0 Å². The molecule has 0 fully saturated rings. The van der Waals surface area contributed by atoms with E-state index in [0.29, 0.717) is 10.6 Å². The van der Waals surface area contributed by atoms with Crippen LogP contribution < -0.4 is 5.73 Å². The van der Waals surface area contributed by atoms with E-state index < -0.39 is 12.1 Å². The van der Waals surface area contributed by atoms with E-state index in [1.165, 1.54) is 6.92 Å². The van der Waals surface area contributed by atoms with Crippen LogP contribution in [0.25, 0.3) is 0 Å². The molecule has 3 N–H and O–H groups in total. The van der Waals surface area contributed by atoms with Crippen molar-refractivity contribution in [3.63, 3.8) is 0 Å². The summed E-state index contributed by atoms with van der Waals surface area (Å²) >= 11 is 5.84. The molecule has 0 bridgehead atoms. The molecule has 0 unspecified atom stereocenters. The monoisotopic (exact) mass is 213 g/mol. The van der Waals surface area contributed by atoms with Crippen molar-refractivity contribution in [3.8, 4) is 0 Å². The van der Waals surface area contributed by atoms with Gasteiger partial charge < -0.3 is 10.8 Å². The van der Waals surface area contributed by atoms with E-state index in [1.54, 1.807) is 24.3 Å². The van der Waals surface area contributed by atoms with Crippen LogP contribution in [0.5, 0.6) is 0 Å². The molecule has 4 heteroatoms. The number of hydrogen-bond donors (Lipinski definition) is 2. The van der Waals surface area contributed by atoms with Crippen molar-refractivity contribution in [2.24, 2.45) is 5.73 Å². The Labute approximate surface area is 87.5 Å². The Morgan fingerprint density at radius 1 is 1.50 bits per heavy atom. The van der Waals surface area contributed by atoms with Crippen molar-refractivity contribution in [1.29, 1.82) is 0 Å². The topological polar surface area (TPSA) is 63.3 Å². The molecule has 0 aliphatic heterocycles. The Bertz CT molecular complexity index is 341. The first-order chi connectivity index (χ1) is 6.54. The second-order valence-corrected chi connectivity index (χ2v) is 3.51. The lowest BCUT2D eigenvalue weighted by Gasteiger charge is -2.17. The maximum atomic E-state index is 10.9. The van der Waals surface area contributed by atoms with Gasteiger partial charge in [-0.25, -0.2) is 0 Å². The second-order valence-electron chi connectivity index (χ2n) is 3.10. The molecule has 1 aromatic rings. The van der Waals surface area contributed by atoms with Gasteiger partial charge in [0.25, 0.3) is 0 Å². The van der Waals surface area contributed by atoms with E-state index in [9.17, 15) is 9.90 Å². The first-order valence-corrected chi connectivity index (χ1v) is 4.60. The Balaban J connectivity index is 2.94. The normalized spacial score (nSPS) is 14.9. The highest BCUT2D eigenvalue weighted by Gasteiger charge is 2.22. The smallest absolute Gasteiger partial charge is 0.149 e. The van der Waals surface area contributed by atoms with Gasteiger partial charge in [-0.05, 0) is 13.0 Å². The predicted octanol–water partition coefficient (Wildman–Crippen LogP) is 1.29. The van der Waals surface area contributed by atoms with Gasteiger partial charge in [-0.1, -0.05) is 29.8 Å². The Kier molecular flexibility index (Phi) is 3.63. The number of aliphatic hydroxyl groups excluding tert-OH is 1. The van der Waals surface area contributed by atoms with Crippen LogP contribution in [0.3, 0.4) is 0 Å². The number of halogens is 1. The fourth-order valence-electron chi connectivity index (χ4n) is 1.13. The maximum absolute atomic E-state index is 10.9. The number of ketones is 1. The third kappa shape index (κ3) is 2.32. The highest BCUT2D eigenvalue weighted by molar-refractivity contribution is 6.31. The van der Waals surface area contributed by atoms with Gasteiger partial charge in [-0.15, -0.1) is 0 Å². The minimum absolute atomic E-state index is 0.266. The average molecular weight is 214 g/mol. The zero-order valence-corrected chi connectivity index (χ0v) is 8.53. The summed E-state index contributed by atoms with van der Waals surface area (Å²) in [6.45, 7) is 1.34. The van der Waals surface area contributed by atoms with Crippen LogP contribution in [-0.4, -0.2) is 16.9 Å². The molecule has 3 nitrogen and oxygen atoms in total. The Hall–Kier alpha value is -0.900. The number of carbonyl (C=O) groups excluding carboxylic acids is 1. The average Bonchev–Trinajstić information content (AvgIpc) is 2.16. The molecule has 0 saturated heterocycles. The van der Waals surface area contributed by atoms with Crippen molar-refractivity contribution in [1.82, 2.24) is 0 Å². The van der Waals surface area contributed by atoms with Gasteiger partial charge >= 0.3 is 0 Å². The van der Waals surface area contributed by atoms with Gasteiger partial charge in [0.15, 0.2) is 0 Å². The quantitative estimate of drug-likeness (QED) is 0.796. The van der Waals surface area contributed by atoms with Gasteiger partial charge in [0.05, 0.1) is 6.04 Å². The molecular weight excluding hydrogens is 202 g/mol. The second kappa shape index (κ2) is 4.55. The molecule has 0 saturated carbocycles. The Morgan fingerprint density at radius 2 is 2.07 bits per heavy atom. The van der Waals surface area contributed by atoms with Crippen molar-refractivity contribution < 1.29 is 9.90 Å². The molecular formula is C10H12ClNO2. The molecule has 0 spiro atoms. The third-order valence-electron chi connectivity index (χ3n) is 2.03. The zero-order valence-electron chi connectivity index (χ0n) is 7.77. The third-order valence-corrected chi connectivity index (χ3v) is 2.38. The molecule has 2 atom stereocenters. The predicted molar refractivity (Wildman–Crippen MR) is 55.1 cm³/mol. The lowest BCUT2D eigenvalue weighted by Crippen LogP contribution is -2.35. The molecule has 0 amide bonds. The summed E-state index contributed by atoms with van der Waals surface area (Å²) in [6, 6.07) is 5.85. The van der Waals surface area contributed by atoms with Gasteiger partial charge in [-0.2, -0.15) is 0 Å². The fraction of sp³-hybridized carbons (Fsp3) is 0.300. The summed E-state index contributed by atoms with van der Waals surface area (Å²) < 4.78 is 0. The van der Waals surface area contributed by atoms with Crippen LogP contribution >= 0.6 is 11.6 Å². The number of aliphatic hydroxyl groups is 1. The van der Waals surface area contributed by atoms with Crippen molar-refractivity contribution >= 4 is 17.4 Å². The van der Waals surface area contributed by atoms with E-state index in [4.69, 9.17) is 17.3 Å². The Morgan fingerprint density at radius 3 is 2.57 bits per heavy atom. The zero-order chi connectivity index (χ0) is 10.7. The summed E-state index contributed by atoms with van der Waals surface area (Å²) in [7, 11) is 0. The van der Waals surface area contributed by atoms with E-state index in [0.717, 1.165) is 0 Å². The minimum Gasteiger partial charge on any atom is -0.386 e. The number of Topliss-reactive ketones (excluding diaryl/α,β-unsaturated/α-hetero) is 1. The van der Waals surface area contributed by atoms with Crippen molar-refractivity contribution in [3.05, 3.63) is 34.9 Å². The van der Waals surface area contributed by atoms with Gasteiger partial charge in [0.2, 0.25) is 0 Å². The van der Waals surface area contributed by atoms with Crippen LogP contribution in [0.2, 0.25) is 5.02 Å². The first kappa shape index (κ1) is 11.2. The van der Waals surface area contributed by atoms with E-state index in [-0.39, 0.29) is 5.78 Å². The van der Waals surface area contributed by atoms with Crippen molar-refractivity contribution in [2.75, 3.05) is 0 Å². The summed E-state index contributed by atoms with van der Waals surface area (Å²) in [6.07, 6.45) is -1.04. The largest absolute Gasteiger partial charge is 0.386 e. The maximum Gasteiger partial charge on any atom is 0.149 e. The number of hydrogen-bond acceptors (Lipinski definition) is 3. The van der Waals surface area contributed by atoms with Gasteiger partial charge in [0, 0.05) is 10.6 Å². The number of carbonyl (C=O) groups is 1. The molecule has 1 aromatic carbocycles. The molecule has 1 rings (SSSR count). The van der Waals surface area contributed by atoms with Crippen LogP contribution in [0, 0.1) is 0 Å². The summed E-state index contributed by atoms with van der Waals surface area (Å²) in [4.78, 5) is 10.9. The highest BCUT2D eigenvalue weighted by atomic mass is 35.5. The van der Waals surface area contributed by atoms with Crippen LogP contribution in [0.1, 0.15) is 18.6 Å². The molecule has 0 radical (unpaired) electrons. The first-order valence-electron chi connectivity index (χ1n) is 4.22. The molecule has 0 aliphatic carbocycles. The molecule has 0 aromatic heterocycles. The lowest BCUT2D eigenvalue weighted by atomic mass is 10.0. The van der Waals surface area contributed by atoms with Crippen LogP contribution in [-0.2, 0) is 4.79 Å². The van der Waals surface area contributed by atoms with Crippen molar-refractivity contribution in [2.45, 2.75) is 19.1 Å². The standard InChI is InChI=1S/C10H12ClNO2/c1-6(13)9(12)10(14)7-4-2-3-5-8(7)11/h2-5,9-10,14H,12H2,1H3/t9-,10-/m1/s1. The molecule has 0 heterocycles. The lowest BCUT2D eigenvalue weighted by molar-refractivity contribution is -0.120. The van der Waals surface area contributed by atoms with E-state index >= 15 is 0 Å². The number of rotatable bonds is 3. The minimum atomic E-state index is -1.04. The van der Waals surface area contributed by atoms with Gasteiger partial charge in [-0.3, -0.25) is 4.79 Å². The number of benzene rings is 1. The molecule has 14 heavy (non-hydrogen) atoms. The summed E-state index contributed by atoms with van der Waals surface area (Å²) in [5, 5.41) is 10.1. The number of nitrogens with two attached hydrogens (primary N) is 1. The summed E-state index contributed by atoms with van der Waals surface area (Å²) in [5.74, 6) is -0.266. The van der Waals surface area contributed by atoms with E-state index in [1.807, 2.05) is 0 Å². The SMILES string of the molecule is CC(=O)[C@@H](N)[C@H](O)c1ccccc1Cl. The highest BCUT2D eigenvalue weighted by Crippen LogP contribution is 2.24. The van der Waals surface area contributed by atoms with Crippen LogP contribution in [0.15, 0.2) is 24.3 Å².